The number of imidazole rings is 1. The Morgan fingerprint density at radius 2 is 2.02 bits per heavy atom. The number of carboxylic acid groups (broad SMARTS) is 1. The zero-order valence-electron chi connectivity index (χ0n) is 22.7. The summed E-state index contributed by atoms with van der Waals surface area (Å²) in [5.74, 6) is -1.92. The first-order valence-electron chi connectivity index (χ1n) is 13.9. The molecule has 224 valence electrons. The first kappa shape index (κ1) is 29.0. The number of carbonyl (C=O) groups excluding carboxylic acids is 1. The second kappa shape index (κ2) is 12.6. The lowest BCUT2D eigenvalue weighted by Gasteiger charge is -2.35. The number of fused-ring (bicyclic) bond motifs is 2. The average molecular weight is 581 g/mol. The molecular formula is C27H35F3N6O5. The number of anilines is 1. The highest BCUT2D eigenvalue weighted by Crippen LogP contribution is 2.38. The SMILES string of the molecule is O=C(O)C[C@@H]1Cc2ccc(OCCc3cn4c(n3)NCCN4)cc2C(CCN2CCOCC2)N(CC(F)(F)F)C1=O. The molecule has 41 heavy (non-hydrogen) atoms. The molecule has 11 nitrogen and oxygen atoms in total. The molecule has 1 fully saturated rings. The zero-order valence-corrected chi connectivity index (χ0v) is 22.7. The molecule has 1 amide bonds. The van der Waals surface area contributed by atoms with E-state index in [1.807, 2.05) is 10.9 Å². The van der Waals surface area contributed by atoms with Gasteiger partial charge in [-0.1, -0.05) is 6.07 Å². The van der Waals surface area contributed by atoms with E-state index in [1.165, 1.54) is 0 Å². The third kappa shape index (κ3) is 7.41. The summed E-state index contributed by atoms with van der Waals surface area (Å²) < 4.78 is 54.6. The largest absolute Gasteiger partial charge is 0.493 e. The van der Waals surface area contributed by atoms with Crippen LogP contribution in [0.15, 0.2) is 24.4 Å². The van der Waals surface area contributed by atoms with Crippen LogP contribution in [-0.4, -0.2) is 102 Å². The lowest BCUT2D eigenvalue weighted by atomic mass is 9.92. The van der Waals surface area contributed by atoms with Crippen LogP contribution in [-0.2, 0) is 27.2 Å². The van der Waals surface area contributed by atoms with Gasteiger partial charge in [0, 0.05) is 39.1 Å². The van der Waals surface area contributed by atoms with Crippen molar-refractivity contribution in [3.63, 3.8) is 0 Å². The molecular weight excluding hydrogens is 545 g/mol. The molecule has 1 unspecified atom stereocenters. The number of ether oxygens (including phenoxy) is 2. The number of benzene rings is 1. The lowest BCUT2D eigenvalue weighted by molar-refractivity contribution is -0.169. The number of hydrogen-bond acceptors (Lipinski definition) is 8. The summed E-state index contributed by atoms with van der Waals surface area (Å²) in [4.78, 5) is 32.5. The Balaban J connectivity index is 1.39. The van der Waals surface area contributed by atoms with Crippen LogP contribution >= 0.6 is 0 Å². The number of nitrogens with zero attached hydrogens (tertiary/aromatic N) is 4. The molecule has 14 heteroatoms. The van der Waals surface area contributed by atoms with Gasteiger partial charge in [0.15, 0.2) is 0 Å². The number of halogens is 3. The van der Waals surface area contributed by atoms with E-state index >= 15 is 0 Å². The van der Waals surface area contributed by atoms with Crippen molar-refractivity contribution in [2.24, 2.45) is 5.92 Å². The summed E-state index contributed by atoms with van der Waals surface area (Å²) in [7, 11) is 0. The van der Waals surface area contributed by atoms with Gasteiger partial charge in [0.25, 0.3) is 0 Å². The summed E-state index contributed by atoms with van der Waals surface area (Å²) >= 11 is 0. The van der Waals surface area contributed by atoms with E-state index in [0.717, 1.165) is 29.6 Å². The average Bonchev–Trinajstić information content (AvgIpc) is 3.31. The van der Waals surface area contributed by atoms with E-state index in [4.69, 9.17) is 9.47 Å². The maximum atomic E-state index is 13.8. The van der Waals surface area contributed by atoms with Gasteiger partial charge >= 0.3 is 12.1 Å². The minimum absolute atomic E-state index is 0.0450. The van der Waals surface area contributed by atoms with Crippen molar-refractivity contribution in [1.29, 1.82) is 0 Å². The first-order chi connectivity index (χ1) is 19.7. The normalized spacial score (nSPS) is 21.3. The number of alkyl halides is 3. The van der Waals surface area contributed by atoms with E-state index in [2.05, 4.69) is 20.6 Å². The number of rotatable bonds is 10. The van der Waals surface area contributed by atoms with Gasteiger partial charge in [-0.2, -0.15) is 13.2 Å². The second-order valence-corrected chi connectivity index (χ2v) is 10.6. The number of nitrogens with one attached hydrogen (secondary N) is 2. The zero-order chi connectivity index (χ0) is 29.0. The van der Waals surface area contributed by atoms with Crippen molar-refractivity contribution < 1.29 is 37.3 Å². The highest BCUT2D eigenvalue weighted by atomic mass is 19.4. The van der Waals surface area contributed by atoms with Crippen LogP contribution in [0, 0.1) is 5.92 Å². The summed E-state index contributed by atoms with van der Waals surface area (Å²) in [5.41, 5.74) is 5.24. The van der Waals surface area contributed by atoms with Gasteiger partial charge in [-0.3, -0.25) is 14.5 Å². The monoisotopic (exact) mass is 580 g/mol. The number of morpholine rings is 1. The standard InChI is InChI=1S/C27H35F3N6O5/c28-27(29,30)17-35-23(3-7-34-8-11-40-12-9-34)22-15-21(2-1-18(22)13-19(25(35)39)14-24(37)38)41-10-4-20-16-36-26(33-20)31-5-6-32-36/h1-2,15-16,19,23,32H,3-14,17H2,(H,31,33)(H,37,38)/t19-,23?/m0/s1. The Hall–Kier alpha value is -3.52. The second-order valence-electron chi connectivity index (χ2n) is 10.6. The number of hydrogen-bond donors (Lipinski definition) is 3. The van der Waals surface area contributed by atoms with E-state index in [1.54, 1.807) is 18.2 Å². The van der Waals surface area contributed by atoms with Crippen molar-refractivity contribution in [2.75, 3.05) is 69.8 Å². The maximum Gasteiger partial charge on any atom is 0.406 e. The van der Waals surface area contributed by atoms with Gasteiger partial charge in [-0.25, -0.2) is 9.66 Å². The fourth-order valence-corrected chi connectivity index (χ4v) is 5.68. The van der Waals surface area contributed by atoms with Gasteiger partial charge in [0.2, 0.25) is 11.9 Å². The molecule has 4 heterocycles. The fraction of sp³-hybridized carbons (Fsp3) is 0.593. The highest BCUT2D eigenvalue weighted by Gasteiger charge is 2.42. The topological polar surface area (TPSA) is 121 Å². The van der Waals surface area contributed by atoms with Gasteiger partial charge in [0.1, 0.15) is 12.3 Å². The minimum atomic E-state index is -4.65. The Bertz CT molecular complexity index is 1210. The summed E-state index contributed by atoms with van der Waals surface area (Å²) in [6, 6.07) is 4.29. The Kier molecular flexibility index (Phi) is 8.88. The van der Waals surface area contributed by atoms with Crippen LogP contribution < -0.4 is 15.5 Å². The highest BCUT2D eigenvalue weighted by molar-refractivity contribution is 5.84. The van der Waals surface area contributed by atoms with Crippen molar-refractivity contribution >= 4 is 17.8 Å². The Morgan fingerprint density at radius 3 is 2.76 bits per heavy atom. The van der Waals surface area contributed by atoms with Crippen LogP contribution in [0.5, 0.6) is 5.75 Å². The minimum Gasteiger partial charge on any atom is -0.493 e. The molecule has 2 atom stereocenters. The summed E-state index contributed by atoms with van der Waals surface area (Å²) in [6.07, 6.45) is -2.49. The van der Waals surface area contributed by atoms with Crippen molar-refractivity contribution in [2.45, 2.75) is 37.9 Å². The van der Waals surface area contributed by atoms with Crippen LogP contribution in [0.3, 0.4) is 0 Å². The van der Waals surface area contributed by atoms with Gasteiger partial charge in [-0.05, 0) is 36.1 Å². The number of amides is 1. The first-order valence-corrected chi connectivity index (χ1v) is 13.9. The quantitative estimate of drug-likeness (QED) is 0.389. The molecule has 0 radical (unpaired) electrons. The van der Waals surface area contributed by atoms with Crippen molar-refractivity contribution in [3.05, 3.63) is 41.2 Å². The molecule has 3 N–H and O–H groups in total. The number of aromatic nitrogens is 2. The van der Waals surface area contributed by atoms with Gasteiger partial charge in [0.05, 0.1) is 50.1 Å². The van der Waals surface area contributed by atoms with Crippen LogP contribution in [0.4, 0.5) is 19.1 Å². The van der Waals surface area contributed by atoms with Crippen molar-refractivity contribution in [3.8, 4) is 5.75 Å². The van der Waals surface area contributed by atoms with E-state index in [9.17, 15) is 27.9 Å². The maximum absolute atomic E-state index is 13.8. The lowest BCUT2D eigenvalue weighted by Crippen LogP contribution is -2.45. The molecule has 0 aliphatic carbocycles. The number of aliphatic carboxylic acids is 1. The third-order valence-corrected chi connectivity index (χ3v) is 7.62. The summed E-state index contributed by atoms with van der Waals surface area (Å²) in [5, 5.41) is 12.6. The smallest absolute Gasteiger partial charge is 0.406 e. The predicted octanol–water partition coefficient (Wildman–Crippen LogP) is 2.27. The molecule has 3 aliphatic heterocycles. The van der Waals surface area contributed by atoms with E-state index in [-0.39, 0.29) is 12.8 Å². The van der Waals surface area contributed by atoms with Gasteiger partial charge < -0.3 is 30.2 Å². The fourth-order valence-electron chi connectivity index (χ4n) is 5.68. The molecule has 5 rings (SSSR count). The Labute approximate surface area is 235 Å². The molecule has 0 spiro atoms. The van der Waals surface area contributed by atoms with Crippen LogP contribution in [0.2, 0.25) is 0 Å². The summed E-state index contributed by atoms with van der Waals surface area (Å²) in [6.45, 7) is 3.25. The van der Waals surface area contributed by atoms with E-state index in [0.29, 0.717) is 62.8 Å². The number of carboxylic acids is 1. The van der Waals surface area contributed by atoms with Gasteiger partial charge in [-0.15, -0.1) is 0 Å². The molecule has 1 aromatic carbocycles. The predicted molar refractivity (Wildman–Crippen MR) is 142 cm³/mol. The van der Waals surface area contributed by atoms with Crippen LogP contribution in [0.1, 0.15) is 35.7 Å². The molecule has 2 aromatic rings. The Morgan fingerprint density at radius 1 is 1.22 bits per heavy atom. The molecule has 1 aromatic heterocycles. The number of carbonyl (C=O) groups is 2. The van der Waals surface area contributed by atoms with Crippen molar-refractivity contribution in [1.82, 2.24) is 19.5 Å². The third-order valence-electron chi connectivity index (χ3n) is 7.62. The molecule has 0 bridgehead atoms. The molecule has 1 saturated heterocycles. The van der Waals surface area contributed by atoms with E-state index < -0.39 is 43.0 Å². The molecule has 3 aliphatic rings. The molecule has 0 saturated carbocycles. The van der Waals surface area contributed by atoms with Crippen LogP contribution in [0.25, 0.3) is 0 Å².